The van der Waals surface area contributed by atoms with Crippen molar-refractivity contribution >= 4 is 34.9 Å². The van der Waals surface area contributed by atoms with Gasteiger partial charge in [-0.05, 0) is 36.6 Å². The SMILES string of the molecule is Cn1nccc1Nc1cc(-c2cc3n(c2)CCCn2c-3nnc2N2CCc3ccccc32)c(Cl)cn1. The number of benzene rings is 1. The van der Waals surface area contributed by atoms with E-state index in [0.717, 1.165) is 66.9 Å². The number of hydrogen-bond acceptors (Lipinski definition) is 6. The number of halogens is 1. The lowest BCUT2D eigenvalue weighted by Crippen LogP contribution is -2.19. The van der Waals surface area contributed by atoms with Gasteiger partial charge in [0.05, 0.1) is 16.9 Å². The molecular weight excluding hydrogens is 474 g/mol. The van der Waals surface area contributed by atoms with Gasteiger partial charge < -0.3 is 14.8 Å². The monoisotopic (exact) mass is 497 g/mol. The second kappa shape index (κ2) is 8.23. The van der Waals surface area contributed by atoms with Crippen molar-refractivity contribution < 1.29 is 0 Å². The molecule has 36 heavy (non-hydrogen) atoms. The topological polar surface area (TPSA) is 81.6 Å². The third-order valence-electron chi connectivity index (χ3n) is 7.01. The lowest BCUT2D eigenvalue weighted by Gasteiger charge is -2.19. The normalized spacial score (nSPS) is 14.3. The Balaban J connectivity index is 1.26. The maximum atomic E-state index is 6.62. The first-order valence-corrected chi connectivity index (χ1v) is 12.4. The van der Waals surface area contributed by atoms with E-state index in [1.54, 1.807) is 17.1 Å². The summed E-state index contributed by atoms with van der Waals surface area (Å²) in [6.45, 7) is 2.70. The molecule has 0 saturated carbocycles. The van der Waals surface area contributed by atoms with E-state index in [9.17, 15) is 0 Å². The number of rotatable bonds is 4. The van der Waals surface area contributed by atoms with Crippen molar-refractivity contribution in [3.05, 3.63) is 71.6 Å². The Labute approximate surface area is 213 Å². The van der Waals surface area contributed by atoms with Gasteiger partial charge in [0.2, 0.25) is 5.95 Å². The van der Waals surface area contributed by atoms with Gasteiger partial charge in [0.15, 0.2) is 5.82 Å². The van der Waals surface area contributed by atoms with Crippen molar-refractivity contribution in [3.63, 3.8) is 0 Å². The first-order chi connectivity index (χ1) is 17.7. The molecule has 6 heterocycles. The van der Waals surface area contributed by atoms with Crippen LogP contribution in [-0.2, 0) is 26.6 Å². The van der Waals surface area contributed by atoms with Crippen molar-refractivity contribution in [1.29, 1.82) is 0 Å². The zero-order valence-corrected chi connectivity index (χ0v) is 20.5. The summed E-state index contributed by atoms with van der Waals surface area (Å²) in [7, 11) is 1.88. The minimum absolute atomic E-state index is 0.599. The van der Waals surface area contributed by atoms with Crippen LogP contribution in [0.2, 0.25) is 5.02 Å². The molecule has 1 N–H and O–H groups in total. The molecule has 4 aromatic heterocycles. The molecule has 2 aliphatic heterocycles. The molecule has 0 atom stereocenters. The summed E-state index contributed by atoms with van der Waals surface area (Å²) in [4.78, 5) is 6.75. The van der Waals surface area contributed by atoms with Crippen molar-refractivity contribution in [1.82, 2.24) is 34.1 Å². The molecule has 2 aliphatic rings. The zero-order valence-electron chi connectivity index (χ0n) is 19.8. The smallest absolute Gasteiger partial charge is 0.232 e. The molecule has 1 aromatic carbocycles. The van der Waals surface area contributed by atoms with E-state index in [-0.39, 0.29) is 0 Å². The Morgan fingerprint density at radius 3 is 2.83 bits per heavy atom. The number of nitrogens with zero attached hydrogens (tertiary/aromatic N) is 8. The van der Waals surface area contributed by atoms with Crippen LogP contribution in [0.15, 0.2) is 61.1 Å². The number of hydrogen-bond donors (Lipinski definition) is 1. The van der Waals surface area contributed by atoms with E-state index in [0.29, 0.717) is 10.8 Å². The van der Waals surface area contributed by atoms with Gasteiger partial charge in [0, 0.05) is 62.0 Å². The maximum absolute atomic E-state index is 6.62. The first-order valence-electron chi connectivity index (χ1n) is 12.1. The molecule has 5 aromatic rings. The first kappa shape index (κ1) is 21.2. The van der Waals surface area contributed by atoms with E-state index in [1.165, 1.54) is 11.3 Å². The van der Waals surface area contributed by atoms with Gasteiger partial charge in [-0.2, -0.15) is 5.10 Å². The summed E-state index contributed by atoms with van der Waals surface area (Å²) in [5.41, 5.74) is 5.57. The van der Waals surface area contributed by atoms with Crippen molar-refractivity contribution in [2.75, 3.05) is 16.8 Å². The summed E-state index contributed by atoms with van der Waals surface area (Å²) in [6, 6.07) is 14.6. The van der Waals surface area contributed by atoms with E-state index >= 15 is 0 Å². The number of anilines is 4. The fourth-order valence-electron chi connectivity index (χ4n) is 5.22. The fourth-order valence-corrected chi connectivity index (χ4v) is 5.43. The molecule has 0 unspecified atom stereocenters. The molecule has 0 bridgehead atoms. The predicted molar refractivity (Wildman–Crippen MR) is 140 cm³/mol. The van der Waals surface area contributed by atoms with Gasteiger partial charge in [-0.1, -0.05) is 29.8 Å². The lowest BCUT2D eigenvalue weighted by molar-refractivity contribution is 0.593. The van der Waals surface area contributed by atoms with Crippen LogP contribution >= 0.6 is 11.6 Å². The van der Waals surface area contributed by atoms with E-state index in [2.05, 4.69) is 76.2 Å². The van der Waals surface area contributed by atoms with Gasteiger partial charge >= 0.3 is 0 Å². The second-order valence-electron chi connectivity index (χ2n) is 9.18. The summed E-state index contributed by atoms with van der Waals surface area (Å²) >= 11 is 6.62. The highest BCUT2D eigenvalue weighted by atomic mass is 35.5. The van der Waals surface area contributed by atoms with Crippen molar-refractivity contribution in [3.8, 4) is 22.6 Å². The van der Waals surface area contributed by atoms with Crippen LogP contribution in [0.3, 0.4) is 0 Å². The van der Waals surface area contributed by atoms with E-state index in [4.69, 9.17) is 11.6 Å². The number of pyridine rings is 1. The van der Waals surface area contributed by atoms with Crippen LogP contribution in [0.4, 0.5) is 23.3 Å². The molecule has 0 aliphatic carbocycles. The Bertz CT molecular complexity index is 1590. The predicted octanol–water partition coefficient (Wildman–Crippen LogP) is 5.04. The number of para-hydroxylation sites is 1. The van der Waals surface area contributed by atoms with Crippen molar-refractivity contribution in [2.45, 2.75) is 25.9 Å². The van der Waals surface area contributed by atoms with Gasteiger partial charge in [-0.25, -0.2) is 4.98 Å². The number of aromatic nitrogens is 7. The van der Waals surface area contributed by atoms with Crippen LogP contribution in [0, 0.1) is 0 Å². The standard InChI is InChI=1S/C26H24ClN9/c1-33-24(7-9-29-33)30-23-14-19(20(27)15-28-23)18-13-22-25-31-32-26(36(25)11-4-10-34(22)16-18)35-12-8-17-5-2-3-6-21(17)35/h2-3,5-7,9,13-16H,4,8,10-12H2,1H3,(H,28,30). The summed E-state index contributed by atoms with van der Waals surface area (Å²) < 4.78 is 6.28. The molecule has 10 heteroatoms. The highest BCUT2D eigenvalue weighted by Gasteiger charge is 2.28. The molecule has 0 fully saturated rings. The molecule has 7 rings (SSSR count). The Morgan fingerprint density at radius 2 is 1.94 bits per heavy atom. The molecule has 0 saturated heterocycles. The molecule has 0 amide bonds. The van der Waals surface area contributed by atoms with Gasteiger partial charge in [-0.15, -0.1) is 10.2 Å². The van der Waals surface area contributed by atoms with E-state index in [1.807, 2.05) is 19.2 Å². The third kappa shape index (κ3) is 3.38. The summed E-state index contributed by atoms with van der Waals surface area (Å²) in [6.07, 6.45) is 7.60. The van der Waals surface area contributed by atoms with Crippen LogP contribution in [-0.4, -0.2) is 40.6 Å². The minimum Gasteiger partial charge on any atom is -0.344 e. The maximum Gasteiger partial charge on any atom is 0.232 e. The summed E-state index contributed by atoms with van der Waals surface area (Å²) in [5, 5.41) is 17.4. The Morgan fingerprint density at radius 1 is 1.03 bits per heavy atom. The molecule has 180 valence electrons. The largest absolute Gasteiger partial charge is 0.344 e. The van der Waals surface area contributed by atoms with Crippen LogP contribution < -0.4 is 10.2 Å². The molecule has 0 radical (unpaired) electrons. The Hall–Kier alpha value is -4.11. The molecular formula is C26H24ClN9. The third-order valence-corrected chi connectivity index (χ3v) is 7.31. The molecule has 9 nitrogen and oxygen atoms in total. The number of fused-ring (bicyclic) bond motifs is 4. The van der Waals surface area contributed by atoms with Crippen LogP contribution in [0.1, 0.15) is 12.0 Å². The quantitative estimate of drug-likeness (QED) is 0.375. The highest BCUT2D eigenvalue weighted by molar-refractivity contribution is 6.33. The summed E-state index contributed by atoms with van der Waals surface area (Å²) in [5.74, 6) is 3.36. The fraction of sp³-hybridized carbons (Fsp3) is 0.231. The van der Waals surface area contributed by atoms with Crippen LogP contribution in [0.5, 0.6) is 0 Å². The lowest BCUT2D eigenvalue weighted by atomic mass is 10.1. The average Bonchev–Trinajstić information content (AvgIpc) is 3.66. The number of aryl methyl sites for hydroxylation is 2. The van der Waals surface area contributed by atoms with E-state index < -0.39 is 0 Å². The van der Waals surface area contributed by atoms with Crippen LogP contribution in [0.25, 0.3) is 22.6 Å². The minimum atomic E-state index is 0.599. The zero-order chi connectivity index (χ0) is 24.2. The van der Waals surface area contributed by atoms with Gasteiger partial charge in [0.1, 0.15) is 11.6 Å². The Kier molecular flexibility index (Phi) is 4.85. The average molecular weight is 498 g/mol. The highest BCUT2D eigenvalue weighted by Crippen LogP contribution is 2.38. The van der Waals surface area contributed by atoms with Gasteiger partial charge in [-0.3, -0.25) is 9.25 Å². The molecule has 0 spiro atoms. The van der Waals surface area contributed by atoms with Gasteiger partial charge in [0.25, 0.3) is 0 Å². The number of nitrogens with one attached hydrogen (secondary N) is 1. The van der Waals surface area contributed by atoms with Crippen molar-refractivity contribution in [2.24, 2.45) is 7.05 Å². The second-order valence-corrected chi connectivity index (χ2v) is 9.59.